The molecule has 124 valence electrons. The molecule has 0 aromatic rings. The number of aliphatic carboxylic acids is 1. The minimum atomic E-state index is -0.748. The summed E-state index contributed by atoms with van der Waals surface area (Å²) in [6.07, 6.45) is 22.3. The fourth-order valence-electron chi connectivity index (χ4n) is 1.54. The van der Waals surface area contributed by atoms with Crippen LogP contribution in [0.4, 0.5) is 0 Å². The number of carboxylic acid groups (broad SMARTS) is 1. The molecule has 0 rings (SSSR count). The minimum absolute atomic E-state index is 0.688. The maximum Gasteiger partial charge on any atom is 0.319 e. The van der Waals surface area contributed by atoms with Crippen LogP contribution in [-0.2, 0) is 4.79 Å². The molecule has 0 fully saturated rings. The van der Waals surface area contributed by atoms with E-state index in [1.165, 1.54) is 11.8 Å². The molecule has 2 nitrogen and oxygen atoms in total. The number of carboxylic acids is 1. The van der Waals surface area contributed by atoms with Crippen LogP contribution in [0.5, 0.6) is 0 Å². The van der Waals surface area contributed by atoms with Gasteiger partial charge >= 0.3 is 5.97 Å². The summed E-state index contributed by atoms with van der Waals surface area (Å²) in [5.74, 6) is 0.0933. The fourth-order valence-corrected chi connectivity index (χ4v) is 2.43. The van der Waals surface area contributed by atoms with Crippen molar-refractivity contribution in [2.24, 2.45) is 0 Å². The van der Waals surface area contributed by atoms with E-state index >= 15 is 0 Å². The standard InChI is InChI=1S/C19H30O2S/c1-4-5-6-7-8-9-10-11-12-13-14-15-16-17-22-19(2,3)18(20)21/h5-6,8-9,11-12,14-15H,4,7,10,13,16-17H2,1-3H3,(H,20,21). The molecule has 0 aliphatic rings. The first-order valence-corrected chi connectivity index (χ1v) is 8.96. The highest BCUT2D eigenvalue weighted by molar-refractivity contribution is 8.01. The van der Waals surface area contributed by atoms with Gasteiger partial charge in [0.05, 0.1) is 0 Å². The summed E-state index contributed by atoms with van der Waals surface area (Å²) >= 11 is 1.49. The molecule has 0 aliphatic heterocycles. The number of hydrogen-bond donors (Lipinski definition) is 1. The highest BCUT2D eigenvalue weighted by atomic mass is 32.2. The molecule has 0 saturated heterocycles. The summed E-state index contributed by atoms with van der Waals surface area (Å²) in [5.41, 5.74) is 0. The topological polar surface area (TPSA) is 37.3 Å². The summed E-state index contributed by atoms with van der Waals surface area (Å²) in [5, 5.41) is 8.99. The van der Waals surface area contributed by atoms with Gasteiger partial charge in [-0.15, -0.1) is 11.8 Å². The Morgan fingerprint density at radius 1 is 0.909 bits per heavy atom. The van der Waals surface area contributed by atoms with Gasteiger partial charge in [0.2, 0.25) is 0 Å². The Hall–Kier alpha value is -1.22. The van der Waals surface area contributed by atoms with Crippen LogP contribution in [0.15, 0.2) is 48.6 Å². The van der Waals surface area contributed by atoms with E-state index < -0.39 is 10.7 Å². The van der Waals surface area contributed by atoms with Gasteiger partial charge in [0.15, 0.2) is 0 Å². The van der Waals surface area contributed by atoms with Crippen LogP contribution in [0.25, 0.3) is 0 Å². The molecule has 3 heteroatoms. The monoisotopic (exact) mass is 322 g/mol. The Bertz CT molecular complexity index is 404. The van der Waals surface area contributed by atoms with Crippen molar-refractivity contribution in [2.45, 2.75) is 57.6 Å². The average Bonchev–Trinajstić information content (AvgIpc) is 2.47. The van der Waals surface area contributed by atoms with Crippen LogP contribution >= 0.6 is 11.8 Å². The van der Waals surface area contributed by atoms with E-state index in [4.69, 9.17) is 5.11 Å². The van der Waals surface area contributed by atoms with Gasteiger partial charge in [-0.3, -0.25) is 4.79 Å². The van der Waals surface area contributed by atoms with E-state index in [0.29, 0.717) is 0 Å². The van der Waals surface area contributed by atoms with Gasteiger partial charge in [-0.2, -0.15) is 0 Å². The highest BCUT2D eigenvalue weighted by Gasteiger charge is 2.26. The average molecular weight is 323 g/mol. The number of rotatable bonds is 12. The van der Waals surface area contributed by atoms with Crippen LogP contribution in [-0.4, -0.2) is 21.6 Å². The number of carbonyl (C=O) groups is 1. The lowest BCUT2D eigenvalue weighted by atomic mass is 10.2. The molecule has 0 unspecified atom stereocenters. The molecule has 0 spiro atoms. The van der Waals surface area contributed by atoms with Crippen molar-refractivity contribution in [3.8, 4) is 0 Å². The Morgan fingerprint density at radius 2 is 1.36 bits per heavy atom. The first-order valence-electron chi connectivity index (χ1n) is 7.98. The van der Waals surface area contributed by atoms with Crippen LogP contribution in [0.1, 0.15) is 52.9 Å². The molecule has 22 heavy (non-hydrogen) atoms. The molecule has 0 aromatic carbocycles. The Labute approximate surface area is 140 Å². The van der Waals surface area contributed by atoms with Gasteiger partial charge in [-0.1, -0.05) is 55.5 Å². The van der Waals surface area contributed by atoms with Gasteiger partial charge in [-0.25, -0.2) is 0 Å². The highest BCUT2D eigenvalue weighted by Crippen LogP contribution is 2.25. The van der Waals surface area contributed by atoms with Gasteiger partial charge in [0.1, 0.15) is 4.75 Å². The third kappa shape index (κ3) is 12.5. The zero-order valence-electron chi connectivity index (χ0n) is 14.1. The van der Waals surface area contributed by atoms with Crippen molar-refractivity contribution in [1.82, 2.24) is 0 Å². The van der Waals surface area contributed by atoms with E-state index in [9.17, 15) is 4.79 Å². The van der Waals surface area contributed by atoms with Crippen LogP contribution in [0, 0.1) is 0 Å². The van der Waals surface area contributed by atoms with Crippen molar-refractivity contribution in [3.63, 3.8) is 0 Å². The quantitative estimate of drug-likeness (QED) is 0.365. The number of allylic oxidation sites excluding steroid dienone is 8. The maximum absolute atomic E-state index is 10.9. The molecular weight excluding hydrogens is 292 g/mol. The summed E-state index contributed by atoms with van der Waals surface area (Å²) < 4.78 is -0.688. The molecule has 0 radical (unpaired) electrons. The summed E-state index contributed by atoms with van der Waals surface area (Å²) in [6, 6.07) is 0. The van der Waals surface area contributed by atoms with Gasteiger partial charge in [-0.05, 0) is 51.7 Å². The van der Waals surface area contributed by atoms with E-state index in [1.54, 1.807) is 13.8 Å². The maximum atomic E-state index is 10.9. The molecule has 0 amide bonds. The molecular formula is C19H30O2S. The largest absolute Gasteiger partial charge is 0.480 e. The lowest BCUT2D eigenvalue weighted by Gasteiger charge is -2.17. The van der Waals surface area contributed by atoms with E-state index in [-0.39, 0.29) is 0 Å². The van der Waals surface area contributed by atoms with Crippen molar-refractivity contribution in [2.75, 3.05) is 5.75 Å². The van der Waals surface area contributed by atoms with Crippen molar-refractivity contribution >= 4 is 17.7 Å². The van der Waals surface area contributed by atoms with Gasteiger partial charge < -0.3 is 5.11 Å². The van der Waals surface area contributed by atoms with Crippen molar-refractivity contribution in [3.05, 3.63) is 48.6 Å². The van der Waals surface area contributed by atoms with E-state index in [0.717, 1.165) is 37.9 Å². The Kier molecular flexibility index (Phi) is 12.7. The molecule has 1 N–H and O–H groups in total. The predicted molar refractivity (Wildman–Crippen MR) is 99.5 cm³/mol. The normalized spacial score (nSPS) is 13.2. The number of thioether (sulfide) groups is 1. The van der Waals surface area contributed by atoms with E-state index in [2.05, 4.69) is 55.5 Å². The molecule has 0 saturated carbocycles. The van der Waals surface area contributed by atoms with Crippen LogP contribution < -0.4 is 0 Å². The summed E-state index contributed by atoms with van der Waals surface area (Å²) in [7, 11) is 0. The third-order valence-electron chi connectivity index (χ3n) is 2.98. The second kappa shape index (κ2) is 13.4. The van der Waals surface area contributed by atoms with Crippen molar-refractivity contribution in [1.29, 1.82) is 0 Å². The first kappa shape index (κ1) is 20.8. The van der Waals surface area contributed by atoms with E-state index in [1.807, 2.05) is 0 Å². The zero-order chi connectivity index (χ0) is 16.7. The predicted octanol–water partition coefficient (Wildman–Crippen LogP) is 5.78. The SMILES string of the molecule is CCC=CCC=CCC=CCC=CCCSC(C)(C)C(=O)O. The lowest BCUT2D eigenvalue weighted by Crippen LogP contribution is -2.27. The first-order chi connectivity index (χ1) is 10.5. The third-order valence-corrected chi connectivity index (χ3v) is 4.32. The van der Waals surface area contributed by atoms with Crippen LogP contribution in [0.3, 0.4) is 0 Å². The Morgan fingerprint density at radius 3 is 1.82 bits per heavy atom. The fraction of sp³-hybridized carbons (Fsp3) is 0.526. The Balaban J connectivity index is 3.60. The molecule has 0 bridgehead atoms. The molecule has 0 aromatic heterocycles. The smallest absolute Gasteiger partial charge is 0.319 e. The van der Waals surface area contributed by atoms with Crippen LogP contribution in [0.2, 0.25) is 0 Å². The second-order valence-electron chi connectivity index (χ2n) is 5.45. The molecule has 0 heterocycles. The summed E-state index contributed by atoms with van der Waals surface area (Å²) in [4.78, 5) is 10.9. The lowest BCUT2D eigenvalue weighted by molar-refractivity contribution is -0.138. The number of hydrogen-bond acceptors (Lipinski definition) is 2. The molecule has 0 atom stereocenters. The van der Waals surface area contributed by atoms with Crippen molar-refractivity contribution < 1.29 is 9.90 Å². The second-order valence-corrected chi connectivity index (χ2v) is 7.17. The summed E-state index contributed by atoms with van der Waals surface area (Å²) in [6.45, 7) is 5.64. The molecule has 0 aliphatic carbocycles. The zero-order valence-corrected chi connectivity index (χ0v) is 14.9. The minimum Gasteiger partial charge on any atom is -0.480 e. The van der Waals surface area contributed by atoms with Gasteiger partial charge in [0.25, 0.3) is 0 Å². The van der Waals surface area contributed by atoms with Gasteiger partial charge in [0, 0.05) is 0 Å².